The van der Waals surface area contributed by atoms with Crippen LogP contribution in [-0.4, -0.2) is 30.4 Å². The Hall–Kier alpha value is -0.870. The number of nitrogens with zero attached hydrogens (tertiary/aromatic N) is 1. The summed E-state index contributed by atoms with van der Waals surface area (Å²) in [7, 11) is 0. The first kappa shape index (κ1) is 23.2. The molecule has 0 saturated carbocycles. The van der Waals surface area contributed by atoms with E-state index >= 15 is 0 Å². The summed E-state index contributed by atoms with van der Waals surface area (Å²) in [4.78, 5) is 15.0. The summed E-state index contributed by atoms with van der Waals surface area (Å²) in [5, 5.41) is 3.09. The second-order valence-electron chi connectivity index (χ2n) is 7.99. The maximum absolute atomic E-state index is 12.5. The Balaban J connectivity index is 3.05. The number of piperidine rings is 1. The van der Waals surface area contributed by atoms with Crippen molar-refractivity contribution in [3.05, 3.63) is 33.5 Å². The molecule has 0 bridgehead atoms. The third kappa shape index (κ3) is 7.40. The molecule has 0 aromatic heterocycles. The summed E-state index contributed by atoms with van der Waals surface area (Å²) in [5.41, 5.74) is 3.05. The van der Waals surface area contributed by atoms with Gasteiger partial charge < -0.3 is 5.32 Å². The molecule has 0 aromatic rings. The lowest BCUT2D eigenvalue weighted by Crippen LogP contribution is -2.35. The molecule has 1 aliphatic heterocycles. The Bertz CT molecular complexity index is 567. The molecule has 1 aliphatic rings. The standard InChI is InChI=1S/C22H37BrN2O/c1-7-12-17(3)20(23)19(16-25-13-10-9-11-14-25)15-18(4)24-21(26)22(5,6)8-2/h12,15H,7-11,13-14,16H2,1-6H3,(H,24,26)/b17-12+,18-15+,20-19-. The first-order valence-corrected chi connectivity index (χ1v) is 10.8. The van der Waals surface area contributed by atoms with E-state index in [0.717, 1.165) is 42.7 Å². The monoisotopic (exact) mass is 424 g/mol. The molecule has 1 amide bonds. The van der Waals surface area contributed by atoms with Crippen LogP contribution in [0.2, 0.25) is 0 Å². The van der Waals surface area contributed by atoms with Crippen LogP contribution < -0.4 is 5.32 Å². The first-order chi connectivity index (χ1) is 12.2. The fourth-order valence-electron chi connectivity index (χ4n) is 2.99. The number of amides is 1. The van der Waals surface area contributed by atoms with Crippen LogP contribution in [0.4, 0.5) is 0 Å². The molecule has 0 spiro atoms. The summed E-state index contributed by atoms with van der Waals surface area (Å²) < 4.78 is 1.15. The molecular weight excluding hydrogens is 388 g/mol. The van der Waals surface area contributed by atoms with Crippen LogP contribution in [0.5, 0.6) is 0 Å². The van der Waals surface area contributed by atoms with E-state index in [1.54, 1.807) is 0 Å². The minimum atomic E-state index is -0.346. The fraction of sp³-hybridized carbons (Fsp3) is 0.682. The van der Waals surface area contributed by atoms with Crippen molar-refractivity contribution in [2.24, 2.45) is 5.41 Å². The lowest BCUT2D eigenvalue weighted by atomic mass is 9.89. The summed E-state index contributed by atoms with van der Waals surface area (Å²) in [6.45, 7) is 15.5. The topological polar surface area (TPSA) is 32.3 Å². The van der Waals surface area contributed by atoms with Crippen molar-refractivity contribution in [3.8, 4) is 0 Å². The average Bonchev–Trinajstić information content (AvgIpc) is 2.61. The number of hydrogen-bond acceptors (Lipinski definition) is 2. The quantitative estimate of drug-likeness (QED) is 0.489. The van der Waals surface area contributed by atoms with Gasteiger partial charge >= 0.3 is 0 Å². The van der Waals surface area contributed by atoms with Gasteiger partial charge in [-0.15, -0.1) is 0 Å². The lowest BCUT2D eigenvalue weighted by Gasteiger charge is -2.28. The summed E-state index contributed by atoms with van der Waals surface area (Å²) in [6, 6.07) is 0. The molecule has 4 heteroatoms. The minimum Gasteiger partial charge on any atom is -0.330 e. The summed E-state index contributed by atoms with van der Waals surface area (Å²) in [6.07, 6.45) is 10.1. The van der Waals surface area contributed by atoms with Crippen LogP contribution in [0.1, 0.15) is 73.6 Å². The highest BCUT2D eigenvalue weighted by atomic mass is 79.9. The number of likely N-dealkylation sites (tertiary alicyclic amines) is 1. The zero-order valence-electron chi connectivity index (χ0n) is 17.5. The van der Waals surface area contributed by atoms with Gasteiger partial charge in [0.2, 0.25) is 5.91 Å². The van der Waals surface area contributed by atoms with Crippen molar-refractivity contribution in [2.75, 3.05) is 19.6 Å². The zero-order chi connectivity index (χ0) is 19.7. The van der Waals surface area contributed by atoms with Gasteiger partial charge in [0.05, 0.1) is 0 Å². The molecule has 0 unspecified atom stereocenters. The molecule has 1 fully saturated rings. The van der Waals surface area contributed by atoms with Gasteiger partial charge in [0.1, 0.15) is 0 Å². The lowest BCUT2D eigenvalue weighted by molar-refractivity contribution is -0.128. The third-order valence-electron chi connectivity index (χ3n) is 5.18. The van der Waals surface area contributed by atoms with Crippen LogP contribution in [0.15, 0.2) is 33.5 Å². The maximum Gasteiger partial charge on any atom is 0.229 e. The molecule has 148 valence electrons. The van der Waals surface area contributed by atoms with E-state index in [9.17, 15) is 4.79 Å². The highest BCUT2D eigenvalue weighted by Gasteiger charge is 2.25. The smallest absolute Gasteiger partial charge is 0.229 e. The second kappa shape index (κ2) is 11.1. The Kier molecular flexibility index (Phi) is 9.88. The fourth-order valence-corrected chi connectivity index (χ4v) is 3.39. The van der Waals surface area contributed by atoms with Gasteiger partial charge in [-0.3, -0.25) is 9.69 Å². The van der Waals surface area contributed by atoms with Crippen LogP contribution in [0.25, 0.3) is 0 Å². The Morgan fingerprint density at radius 2 is 1.77 bits per heavy atom. The van der Waals surface area contributed by atoms with Crippen molar-refractivity contribution in [3.63, 3.8) is 0 Å². The number of rotatable bonds is 8. The SMILES string of the molecule is CC/C=C(C)/C(Br)=C(\C=C(/C)NC(=O)C(C)(C)CC)CN1CCCCC1. The van der Waals surface area contributed by atoms with Crippen molar-refractivity contribution in [1.29, 1.82) is 0 Å². The molecule has 1 heterocycles. The number of nitrogens with one attached hydrogen (secondary N) is 1. The van der Waals surface area contributed by atoms with Crippen molar-refractivity contribution in [1.82, 2.24) is 10.2 Å². The summed E-state index contributed by atoms with van der Waals surface area (Å²) in [5.74, 6) is 0.0861. The summed E-state index contributed by atoms with van der Waals surface area (Å²) >= 11 is 3.81. The molecule has 26 heavy (non-hydrogen) atoms. The average molecular weight is 425 g/mol. The number of carbonyl (C=O) groups is 1. The van der Waals surface area contributed by atoms with E-state index in [1.807, 2.05) is 20.8 Å². The van der Waals surface area contributed by atoms with E-state index in [2.05, 4.69) is 59.1 Å². The molecule has 0 radical (unpaired) electrons. The van der Waals surface area contributed by atoms with E-state index in [0.29, 0.717) is 0 Å². The Morgan fingerprint density at radius 3 is 2.31 bits per heavy atom. The molecule has 0 atom stereocenters. The third-order valence-corrected chi connectivity index (χ3v) is 6.32. The van der Waals surface area contributed by atoms with E-state index in [-0.39, 0.29) is 11.3 Å². The van der Waals surface area contributed by atoms with Crippen molar-refractivity contribution >= 4 is 21.8 Å². The Morgan fingerprint density at radius 1 is 1.15 bits per heavy atom. The predicted octanol–water partition coefficient (Wildman–Crippen LogP) is 5.93. The van der Waals surface area contributed by atoms with Crippen molar-refractivity contribution < 1.29 is 4.79 Å². The molecule has 1 saturated heterocycles. The number of hydrogen-bond donors (Lipinski definition) is 1. The zero-order valence-corrected chi connectivity index (χ0v) is 19.1. The van der Waals surface area contributed by atoms with Gasteiger partial charge in [0.15, 0.2) is 0 Å². The molecular formula is C22H37BrN2O. The van der Waals surface area contributed by atoms with Gasteiger partial charge in [-0.2, -0.15) is 0 Å². The minimum absolute atomic E-state index is 0.0861. The number of carbonyl (C=O) groups excluding carboxylic acids is 1. The van der Waals surface area contributed by atoms with Gasteiger partial charge in [-0.1, -0.05) is 56.1 Å². The largest absolute Gasteiger partial charge is 0.330 e. The van der Waals surface area contributed by atoms with Crippen molar-refractivity contribution in [2.45, 2.75) is 73.6 Å². The van der Waals surface area contributed by atoms with Gasteiger partial charge in [-0.05, 0) is 69.8 Å². The molecule has 3 nitrogen and oxygen atoms in total. The molecule has 0 aromatic carbocycles. The molecule has 1 rings (SSSR count). The Labute approximate surface area is 169 Å². The number of halogens is 1. The normalized spacial score (nSPS) is 18.6. The van der Waals surface area contributed by atoms with E-state index in [4.69, 9.17) is 0 Å². The number of allylic oxidation sites excluding steroid dienone is 4. The van der Waals surface area contributed by atoms with E-state index in [1.165, 1.54) is 30.4 Å². The highest BCUT2D eigenvalue weighted by molar-refractivity contribution is 9.12. The maximum atomic E-state index is 12.5. The first-order valence-electron chi connectivity index (χ1n) is 9.99. The molecule has 0 aliphatic carbocycles. The van der Waals surface area contributed by atoms with Gasteiger partial charge in [0, 0.05) is 22.1 Å². The van der Waals surface area contributed by atoms with Gasteiger partial charge in [0.25, 0.3) is 0 Å². The van der Waals surface area contributed by atoms with Gasteiger partial charge in [-0.25, -0.2) is 0 Å². The van der Waals surface area contributed by atoms with Crippen LogP contribution in [0, 0.1) is 5.41 Å². The van der Waals surface area contributed by atoms with E-state index < -0.39 is 0 Å². The van der Waals surface area contributed by atoms with Crippen LogP contribution >= 0.6 is 15.9 Å². The molecule has 1 N–H and O–H groups in total. The highest BCUT2D eigenvalue weighted by Crippen LogP contribution is 2.26. The van der Waals surface area contributed by atoms with Crippen LogP contribution in [0.3, 0.4) is 0 Å². The van der Waals surface area contributed by atoms with Crippen LogP contribution in [-0.2, 0) is 4.79 Å². The predicted molar refractivity (Wildman–Crippen MR) is 116 cm³/mol. The second-order valence-corrected chi connectivity index (χ2v) is 8.78.